The predicted molar refractivity (Wildman–Crippen MR) is 127 cm³/mol. The Morgan fingerprint density at radius 3 is 2.34 bits per heavy atom. The van der Waals surface area contributed by atoms with Gasteiger partial charge in [-0.1, -0.05) is 60.6 Å². The molecule has 1 atom stereocenters. The highest BCUT2D eigenvalue weighted by Gasteiger charge is 2.29. The standard InChI is InChI=1S/C26H27N3O6/c1-3-16(2)29(14-24(30)31)25(32)23-12-17(35-28-23)13-27-26(33)34-15-22-20-10-6-4-8-18(20)19-9-5-7-11-21(19)22/h4-12,16,22H,3,13-15H2,1-2H3,(H,27,33)(H,30,31). The molecule has 0 fully saturated rings. The van der Waals surface area contributed by atoms with E-state index in [9.17, 15) is 14.4 Å². The molecule has 9 heteroatoms. The average Bonchev–Trinajstić information content (AvgIpc) is 3.47. The van der Waals surface area contributed by atoms with E-state index in [-0.39, 0.29) is 36.6 Å². The van der Waals surface area contributed by atoms with E-state index >= 15 is 0 Å². The molecule has 1 unspecified atom stereocenters. The van der Waals surface area contributed by atoms with Crippen molar-refractivity contribution in [3.63, 3.8) is 0 Å². The lowest BCUT2D eigenvalue weighted by Crippen LogP contribution is -2.42. The lowest BCUT2D eigenvalue weighted by Gasteiger charge is -2.25. The first-order valence-electron chi connectivity index (χ1n) is 11.5. The molecule has 9 nitrogen and oxygen atoms in total. The number of carboxylic acid groups (broad SMARTS) is 1. The molecule has 0 saturated carbocycles. The smallest absolute Gasteiger partial charge is 0.407 e. The minimum absolute atomic E-state index is 0.0177. The molecule has 1 aliphatic rings. The van der Waals surface area contributed by atoms with Crippen LogP contribution in [0.2, 0.25) is 0 Å². The van der Waals surface area contributed by atoms with Crippen LogP contribution in [0.4, 0.5) is 4.79 Å². The maximum atomic E-state index is 12.7. The van der Waals surface area contributed by atoms with E-state index in [1.807, 2.05) is 43.3 Å². The molecule has 2 amide bonds. The first-order chi connectivity index (χ1) is 16.9. The SMILES string of the molecule is CCC(C)N(CC(=O)O)C(=O)c1cc(CNC(=O)OCC2c3ccccc3-c3ccccc32)on1. The summed E-state index contributed by atoms with van der Waals surface area (Å²) >= 11 is 0. The van der Waals surface area contributed by atoms with Crippen LogP contribution in [0.1, 0.15) is 53.6 Å². The van der Waals surface area contributed by atoms with Crippen molar-refractivity contribution in [3.8, 4) is 11.1 Å². The third-order valence-electron chi connectivity index (χ3n) is 6.22. The molecule has 1 aromatic heterocycles. The number of benzene rings is 2. The number of carboxylic acids is 1. The number of carbonyl (C=O) groups excluding carboxylic acids is 2. The number of aliphatic carboxylic acids is 1. The molecule has 4 rings (SSSR count). The van der Waals surface area contributed by atoms with Gasteiger partial charge in [-0.25, -0.2) is 4.79 Å². The Hall–Kier alpha value is -4.14. The zero-order valence-electron chi connectivity index (χ0n) is 19.6. The highest BCUT2D eigenvalue weighted by atomic mass is 16.5. The van der Waals surface area contributed by atoms with Crippen LogP contribution in [-0.2, 0) is 16.1 Å². The molecule has 0 radical (unpaired) electrons. The summed E-state index contributed by atoms with van der Waals surface area (Å²) in [5.74, 6) is -1.46. The first-order valence-corrected chi connectivity index (χ1v) is 11.5. The fraction of sp³-hybridized carbons (Fsp3) is 0.308. The minimum Gasteiger partial charge on any atom is -0.480 e. The second kappa shape index (κ2) is 10.4. The highest BCUT2D eigenvalue weighted by molar-refractivity contribution is 5.94. The zero-order valence-corrected chi connectivity index (χ0v) is 19.6. The van der Waals surface area contributed by atoms with Gasteiger partial charge in [0.2, 0.25) is 0 Å². The largest absolute Gasteiger partial charge is 0.480 e. The van der Waals surface area contributed by atoms with Gasteiger partial charge in [0.15, 0.2) is 11.5 Å². The number of fused-ring (bicyclic) bond motifs is 3. The summed E-state index contributed by atoms with van der Waals surface area (Å²) in [6, 6.07) is 17.3. The van der Waals surface area contributed by atoms with Gasteiger partial charge in [-0.05, 0) is 35.6 Å². The van der Waals surface area contributed by atoms with Crippen LogP contribution in [0.25, 0.3) is 11.1 Å². The zero-order chi connectivity index (χ0) is 24.9. The van der Waals surface area contributed by atoms with Gasteiger partial charge in [0.05, 0.1) is 6.54 Å². The van der Waals surface area contributed by atoms with Crippen molar-refractivity contribution in [2.24, 2.45) is 0 Å². The van der Waals surface area contributed by atoms with Crippen molar-refractivity contribution in [1.29, 1.82) is 0 Å². The number of nitrogens with one attached hydrogen (secondary N) is 1. The summed E-state index contributed by atoms with van der Waals surface area (Å²) in [5.41, 5.74) is 4.51. The van der Waals surface area contributed by atoms with Gasteiger partial charge < -0.3 is 24.6 Å². The number of rotatable bonds is 9. The van der Waals surface area contributed by atoms with E-state index in [2.05, 4.69) is 22.6 Å². The topological polar surface area (TPSA) is 122 Å². The van der Waals surface area contributed by atoms with Crippen molar-refractivity contribution >= 4 is 18.0 Å². The molecular formula is C26H27N3O6. The Kier molecular flexibility index (Phi) is 7.14. The molecule has 0 spiro atoms. The maximum absolute atomic E-state index is 12.7. The first kappa shape index (κ1) is 24.0. The molecular weight excluding hydrogens is 450 g/mol. The van der Waals surface area contributed by atoms with Gasteiger partial charge in [-0.15, -0.1) is 0 Å². The Balaban J connectivity index is 1.34. The molecule has 0 saturated heterocycles. The van der Waals surface area contributed by atoms with E-state index < -0.39 is 24.5 Å². The Morgan fingerprint density at radius 2 is 1.74 bits per heavy atom. The molecule has 2 aromatic carbocycles. The second-order valence-electron chi connectivity index (χ2n) is 8.44. The van der Waals surface area contributed by atoms with Crippen LogP contribution in [-0.4, -0.2) is 52.3 Å². The van der Waals surface area contributed by atoms with E-state index in [4.69, 9.17) is 14.4 Å². The summed E-state index contributed by atoms with van der Waals surface area (Å²) < 4.78 is 10.7. The van der Waals surface area contributed by atoms with Crippen LogP contribution < -0.4 is 5.32 Å². The molecule has 0 bridgehead atoms. The Labute approximate surface area is 202 Å². The highest BCUT2D eigenvalue weighted by Crippen LogP contribution is 2.44. The van der Waals surface area contributed by atoms with Crippen molar-refractivity contribution < 1.29 is 28.8 Å². The summed E-state index contributed by atoms with van der Waals surface area (Å²) in [7, 11) is 0. The van der Waals surface area contributed by atoms with E-state index in [1.165, 1.54) is 11.0 Å². The average molecular weight is 478 g/mol. The van der Waals surface area contributed by atoms with Crippen LogP contribution in [0.5, 0.6) is 0 Å². The van der Waals surface area contributed by atoms with Crippen molar-refractivity contribution in [3.05, 3.63) is 77.2 Å². The van der Waals surface area contributed by atoms with Crippen molar-refractivity contribution in [2.45, 2.75) is 38.8 Å². The minimum atomic E-state index is -1.11. The number of hydrogen-bond acceptors (Lipinski definition) is 6. The van der Waals surface area contributed by atoms with Gasteiger partial charge in [0, 0.05) is 18.0 Å². The van der Waals surface area contributed by atoms with E-state index in [1.54, 1.807) is 6.92 Å². The summed E-state index contributed by atoms with van der Waals surface area (Å²) in [5, 5.41) is 15.5. The normalized spacial score (nSPS) is 13.0. The Morgan fingerprint density at radius 1 is 1.11 bits per heavy atom. The number of hydrogen-bond donors (Lipinski definition) is 2. The second-order valence-corrected chi connectivity index (χ2v) is 8.44. The summed E-state index contributed by atoms with van der Waals surface area (Å²) in [4.78, 5) is 37.4. The van der Waals surface area contributed by atoms with Gasteiger partial charge in [0.25, 0.3) is 5.91 Å². The predicted octanol–water partition coefficient (Wildman–Crippen LogP) is 4.04. The quantitative estimate of drug-likeness (QED) is 0.477. The number of amides is 2. The van der Waals surface area contributed by atoms with Crippen LogP contribution in [0.15, 0.2) is 59.1 Å². The van der Waals surface area contributed by atoms with Gasteiger partial charge in [-0.3, -0.25) is 9.59 Å². The van der Waals surface area contributed by atoms with Crippen LogP contribution in [0.3, 0.4) is 0 Å². The monoisotopic (exact) mass is 477 g/mol. The fourth-order valence-electron chi connectivity index (χ4n) is 4.25. The number of carbonyl (C=O) groups is 3. The van der Waals surface area contributed by atoms with Gasteiger partial charge >= 0.3 is 12.1 Å². The van der Waals surface area contributed by atoms with E-state index in [0.29, 0.717) is 6.42 Å². The molecule has 35 heavy (non-hydrogen) atoms. The number of nitrogens with zero attached hydrogens (tertiary/aromatic N) is 2. The summed E-state index contributed by atoms with van der Waals surface area (Å²) in [6.45, 7) is 3.34. The van der Waals surface area contributed by atoms with Gasteiger partial charge in [0.1, 0.15) is 13.2 Å². The molecule has 182 valence electrons. The van der Waals surface area contributed by atoms with E-state index in [0.717, 1.165) is 22.3 Å². The lowest BCUT2D eigenvalue weighted by atomic mass is 9.98. The molecule has 1 aliphatic carbocycles. The summed E-state index contributed by atoms with van der Waals surface area (Å²) in [6.07, 6.45) is -0.0316. The van der Waals surface area contributed by atoms with Crippen molar-refractivity contribution in [1.82, 2.24) is 15.4 Å². The fourth-order valence-corrected chi connectivity index (χ4v) is 4.25. The maximum Gasteiger partial charge on any atom is 0.407 e. The number of aromatic nitrogens is 1. The van der Waals surface area contributed by atoms with Crippen LogP contribution in [0, 0.1) is 0 Å². The lowest BCUT2D eigenvalue weighted by molar-refractivity contribution is -0.138. The molecule has 1 heterocycles. The molecule has 3 aromatic rings. The molecule has 0 aliphatic heterocycles. The Bertz CT molecular complexity index is 1190. The number of ether oxygens (including phenoxy) is 1. The van der Waals surface area contributed by atoms with Crippen LogP contribution >= 0.6 is 0 Å². The molecule has 2 N–H and O–H groups in total. The van der Waals surface area contributed by atoms with Gasteiger partial charge in [-0.2, -0.15) is 0 Å². The number of alkyl carbamates (subject to hydrolysis) is 1. The third-order valence-corrected chi connectivity index (χ3v) is 6.22. The third kappa shape index (κ3) is 5.18. The van der Waals surface area contributed by atoms with Crippen molar-refractivity contribution in [2.75, 3.05) is 13.2 Å².